The van der Waals surface area contributed by atoms with Crippen LogP contribution in [0.25, 0.3) is 0 Å². The molecule has 0 aromatic carbocycles. The molecule has 20 heavy (non-hydrogen) atoms. The molecule has 112 valence electrons. The second-order valence-corrected chi connectivity index (χ2v) is 7.26. The van der Waals surface area contributed by atoms with Crippen molar-refractivity contribution in [2.75, 3.05) is 26.2 Å². The molecule has 2 saturated heterocycles. The van der Waals surface area contributed by atoms with Gasteiger partial charge in [0, 0.05) is 25.2 Å². The summed E-state index contributed by atoms with van der Waals surface area (Å²) in [5.41, 5.74) is 0. The first-order valence-corrected chi connectivity index (χ1v) is 8.65. The zero-order chi connectivity index (χ0) is 13.9. The zero-order valence-corrected chi connectivity index (χ0v) is 12.9. The Hall–Kier alpha value is -0.590. The molecule has 3 rings (SSSR count). The predicted molar refractivity (Wildman–Crippen MR) is 81.3 cm³/mol. The zero-order valence-electron chi connectivity index (χ0n) is 12.9. The fourth-order valence-electron chi connectivity index (χ4n) is 4.56. The van der Waals surface area contributed by atoms with Crippen LogP contribution in [-0.2, 0) is 0 Å². The lowest BCUT2D eigenvalue weighted by molar-refractivity contribution is 0.109. The number of piperidine rings is 1. The summed E-state index contributed by atoms with van der Waals surface area (Å²) in [7, 11) is 0. The Morgan fingerprint density at radius 3 is 2.50 bits per heavy atom. The van der Waals surface area contributed by atoms with Crippen molar-refractivity contribution in [3.63, 3.8) is 0 Å². The smallest absolute Gasteiger partial charge is 0.0672 e. The summed E-state index contributed by atoms with van der Waals surface area (Å²) in [6.07, 6.45) is 9.12. The topological polar surface area (TPSA) is 30.3 Å². The minimum Gasteiger partial charge on any atom is -0.299 e. The van der Waals surface area contributed by atoms with Crippen molar-refractivity contribution in [1.29, 1.82) is 5.26 Å². The highest BCUT2D eigenvalue weighted by Crippen LogP contribution is 2.34. The maximum atomic E-state index is 9.44. The van der Waals surface area contributed by atoms with Gasteiger partial charge in [-0.25, -0.2) is 0 Å². The van der Waals surface area contributed by atoms with E-state index in [4.69, 9.17) is 0 Å². The molecule has 0 amide bonds. The fourth-order valence-corrected chi connectivity index (χ4v) is 4.56. The molecule has 1 aliphatic carbocycles. The molecule has 0 N–H and O–H groups in total. The molecule has 2 aliphatic heterocycles. The second-order valence-electron chi connectivity index (χ2n) is 7.26. The Morgan fingerprint density at radius 1 is 0.950 bits per heavy atom. The van der Waals surface area contributed by atoms with Gasteiger partial charge in [0.15, 0.2) is 0 Å². The molecule has 0 aromatic heterocycles. The van der Waals surface area contributed by atoms with Gasteiger partial charge < -0.3 is 0 Å². The van der Waals surface area contributed by atoms with Gasteiger partial charge in [-0.15, -0.1) is 0 Å². The molecule has 1 saturated carbocycles. The van der Waals surface area contributed by atoms with Crippen molar-refractivity contribution in [1.82, 2.24) is 9.80 Å². The first kappa shape index (κ1) is 14.4. The average molecular weight is 275 g/mol. The number of likely N-dealkylation sites (tertiary alicyclic amines) is 2. The molecule has 0 aromatic rings. The predicted octanol–water partition coefficient (Wildman–Crippen LogP) is 2.87. The molecule has 3 heteroatoms. The van der Waals surface area contributed by atoms with Crippen LogP contribution in [0.4, 0.5) is 0 Å². The van der Waals surface area contributed by atoms with Gasteiger partial charge in [-0.3, -0.25) is 9.80 Å². The molecule has 3 fully saturated rings. The first-order chi connectivity index (χ1) is 9.78. The van der Waals surface area contributed by atoms with Gasteiger partial charge in [0.05, 0.1) is 12.0 Å². The van der Waals surface area contributed by atoms with Crippen molar-refractivity contribution in [2.45, 2.75) is 64.0 Å². The van der Waals surface area contributed by atoms with Crippen LogP contribution in [0.5, 0.6) is 0 Å². The van der Waals surface area contributed by atoms with Crippen LogP contribution >= 0.6 is 0 Å². The number of hydrogen-bond donors (Lipinski definition) is 0. The summed E-state index contributed by atoms with van der Waals surface area (Å²) >= 11 is 0. The Bertz CT molecular complexity index is 356. The Balaban J connectivity index is 1.59. The Morgan fingerprint density at radius 2 is 1.75 bits per heavy atom. The van der Waals surface area contributed by atoms with Gasteiger partial charge in [0.2, 0.25) is 0 Å². The summed E-state index contributed by atoms with van der Waals surface area (Å²) in [5.74, 6) is 1.09. The molecule has 3 nitrogen and oxygen atoms in total. The van der Waals surface area contributed by atoms with Crippen LogP contribution in [0.2, 0.25) is 0 Å². The monoisotopic (exact) mass is 275 g/mol. The third kappa shape index (κ3) is 3.02. The van der Waals surface area contributed by atoms with Crippen LogP contribution in [0.3, 0.4) is 0 Å². The third-order valence-corrected chi connectivity index (χ3v) is 5.82. The highest BCUT2D eigenvalue weighted by atomic mass is 15.3. The largest absolute Gasteiger partial charge is 0.299 e. The minimum atomic E-state index is 0.284. The van der Waals surface area contributed by atoms with Crippen LogP contribution < -0.4 is 0 Å². The number of nitriles is 1. The van der Waals surface area contributed by atoms with Crippen LogP contribution in [0.1, 0.15) is 51.9 Å². The number of rotatable bonds is 2. The Labute approximate surface area is 123 Å². The van der Waals surface area contributed by atoms with Crippen molar-refractivity contribution in [3.05, 3.63) is 0 Å². The molecule has 2 heterocycles. The van der Waals surface area contributed by atoms with E-state index < -0.39 is 0 Å². The molecule has 3 aliphatic rings. The van der Waals surface area contributed by atoms with Gasteiger partial charge in [-0.2, -0.15) is 5.26 Å². The summed E-state index contributed by atoms with van der Waals surface area (Å²) in [6, 6.07) is 3.90. The molecule has 4 unspecified atom stereocenters. The molecule has 0 bridgehead atoms. The van der Waals surface area contributed by atoms with Crippen molar-refractivity contribution < 1.29 is 0 Å². The van der Waals surface area contributed by atoms with Crippen molar-refractivity contribution >= 4 is 0 Å². The van der Waals surface area contributed by atoms with Gasteiger partial charge in [-0.05, 0) is 57.5 Å². The van der Waals surface area contributed by atoms with E-state index in [0.29, 0.717) is 6.04 Å². The van der Waals surface area contributed by atoms with Gasteiger partial charge in [0.1, 0.15) is 0 Å². The summed E-state index contributed by atoms with van der Waals surface area (Å²) in [5, 5.41) is 9.44. The summed E-state index contributed by atoms with van der Waals surface area (Å²) in [4.78, 5) is 5.37. The van der Waals surface area contributed by atoms with Crippen molar-refractivity contribution in [2.24, 2.45) is 11.8 Å². The SMILES string of the molecule is CC1CCC(C#N)C(N2CCC(N3CCCCC3)C2)C1. The van der Waals surface area contributed by atoms with E-state index in [0.717, 1.165) is 18.4 Å². The molecule has 0 spiro atoms. The minimum absolute atomic E-state index is 0.284. The number of nitrogens with zero attached hydrogens (tertiary/aromatic N) is 3. The van der Waals surface area contributed by atoms with E-state index >= 15 is 0 Å². The van der Waals surface area contributed by atoms with E-state index in [1.165, 1.54) is 64.7 Å². The van der Waals surface area contributed by atoms with E-state index in [9.17, 15) is 5.26 Å². The van der Waals surface area contributed by atoms with Crippen LogP contribution in [0, 0.1) is 23.2 Å². The third-order valence-electron chi connectivity index (χ3n) is 5.82. The van der Waals surface area contributed by atoms with Gasteiger partial charge in [-0.1, -0.05) is 13.3 Å². The molecule has 0 radical (unpaired) electrons. The summed E-state index contributed by atoms with van der Waals surface area (Å²) in [6.45, 7) is 7.41. The molecule has 4 atom stereocenters. The highest BCUT2D eigenvalue weighted by molar-refractivity contribution is 4.99. The Kier molecular flexibility index (Phi) is 4.63. The summed E-state index contributed by atoms with van der Waals surface area (Å²) < 4.78 is 0. The van der Waals surface area contributed by atoms with E-state index in [1.807, 2.05) is 0 Å². The maximum absolute atomic E-state index is 9.44. The highest BCUT2D eigenvalue weighted by Gasteiger charge is 2.38. The lowest BCUT2D eigenvalue weighted by Gasteiger charge is -2.38. The lowest BCUT2D eigenvalue weighted by atomic mass is 9.79. The molecular weight excluding hydrogens is 246 g/mol. The van der Waals surface area contributed by atoms with E-state index in [1.54, 1.807) is 0 Å². The fraction of sp³-hybridized carbons (Fsp3) is 0.941. The normalized spacial score (nSPS) is 40.6. The van der Waals surface area contributed by atoms with Crippen molar-refractivity contribution in [3.8, 4) is 6.07 Å². The lowest BCUT2D eigenvalue weighted by Crippen LogP contribution is -2.45. The standard InChI is InChI=1S/C17H29N3/c1-14-5-6-15(12-18)17(11-14)20-10-7-16(13-20)19-8-3-2-4-9-19/h14-17H,2-11,13H2,1H3. The van der Waals surface area contributed by atoms with E-state index in [-0.39, 0.29) is 5.92 Å². The first-order valence-electron chi connectivity index (χ1n) is 8.65. The maximum Gasteiger partial charge on any atom is 0.0672 e. The average Bonchev–Trinajstić information content (AvgIpc) is 2.98. The van der Waals surface area contributed by atoms with E-state index in [2.05, 4.69) is 22.8 Å². The number of hydrogen-bond acceptors (Lipinski definition) is 3. The van der Waals surface area contributed by atoms with Crippen LogP contribution in [0.15, 0.2) is 0 Å². The van der Waals surface area contributed by atoms with Crippen LogP contribution in [-0.4, -0.2) is 48.1 Å². The van der Waals surface area contributed by atoms with Gasteiger partial charge >= 0.3 is 0 Å². The quantitative estimate of drug-likeness (QED) is 0.776. The molecular formula is C17H29N3. The second kappa shape index (κ2) is 6.45. The van der Waals surface area contributed by atoms with Gasteiger partial charge in [0.25, 0.3) is 0 Å².